The van der Waals surface area contributed by atoms with Crippen LogP contribution < -0.4 is 5.73 Å². The van der Waals surface area contributed by atoms with E-state index in [-0.39, 0.29) is 5.91 Å². The van der Waals surface area contributed by atoms with Gasteiger partial charge in [-0.15, -0.1) is 0 Å². The van der Waals surface area contributed by atoms with Gasteiger partial charge in [-0.05, 0) is 6.42 Å². The first kappa shape index (κ1) is 12.4. The average Bonchev–Trinajstić information content (AvgIpc) is 2.12. The van der Waals surface area contributed by atoms with Crippen molar-refractivity contribution in [1.82, 2.24) is 4.90 Å². The van der Waals surface area contributed by atoms with E-state index in [1.165, 1.54) is 0 Å². The zero-order valence-electron chi connectivity index (χ0n) is 8.58. The van der Waals surface area contributed by atoms with Gasteiger partial charge >= 0.3 is 0 Å². The zero-order valence-corrected chi connectivity index (χ0v) is 8.58. The Balaban J connectivity index is 3.83. The molecule has 0 atom stereocenters. The molecule has 0 spiro atoms. The van der Waals surface area contributed by atoms with E-state index >= 15 is 0 Å². The fourth-order valence-electron chi connectivity index (χ4n) is 1.09. The summed E-state index contributed by atoms with van der Waals surface area (Å²) in [5.41, 5.74) is 5.40. The molecule has 4 nitrogen and oxygen atoms in total. The molecule has 0 fully saturated rings. The van der Waals surface area contributed by atoms with E-state index in [1.807, 2.05) is 6.92 Å². The Morgan fingerprint density at radius 1 is 1.46 bits per heavy atom. The normalized spacial score (nSPS) is 10.1. The van der Waals surface area contributed by atoms with Crippen LogP contribution >= 0.6 is 0 Å². The van der Waals surface area contributed by atoms with Gasteiger partial charge in [0.15, 0.2) is 0 Å². The molecule has 0 aliphatic rings. The Kier molecular flexibility index (Phi) is 7.63. The minimum absolute atomic E-state index is 0.171. The molecule has 4 heteroatoms. The first-order valence-corrected chi connectivity index (χ1v) is 4.73. The van der Waals surface area contributed by atoms with E-state index in [4.69, 9.17) is 10.5 Å². The third-order valence-electron chi connectivity index (χ3n) is 1.78. The number of carbonyl (C=O) groups excluding carboxylic acids is 1. The fourth-order valence-corrected chi connectivity index (χ4v) is 1.09. The number of nitrogens with zero attached hydrogens (tertiary/aromatic N) is 1. The van der Waals surface area contributed by atoms with Gasteiger partial charge < -0.3 is 15.4 Å². The molecule has 0 saturated heterocycles. The maximum Gasteiger partial charge on any atom is 0.222 e. The molecule has 0 rings (SSSR count). The van der Waals surface area contributed by atoms with Crippen molar-refractivity contribution in [2.24, 2.45) is 5.73 Å². The lowest BCUT2D eigenvalue weighted by atomic mass is 10.3. The van der Waals surface area contributed by atoms with Crippen LogP contribution in [0, 0.1) is 0 Å². The molecule has 78 valence electrons. The molecule has 0 unspecified atom stereocenters. The molecule has 1 amide bonds. The first-order chi connectivity index (χ1) is 6.26. The Labute approximate surface area is 80.0 Å². The van der Waals surface area contributed by atoms with E-state index < -0.39 is 0 Å². The third-order valence-corrected chi connectivity index (χ3v) is 1.78. The fraction of sp³-hybridized carbons (Fsp3) is 0.889. The summed E-state index contributed by atoms with van der Waals surface area (Å²) in [6.07, 6.45) is 1.48. The monoisotopic (exact) mass is 188 g/mol. The van der Waals surface area contributed by atoms with Crippen molar-refractivity contribution in [3.8, 4) is 0 Å². The number of rotatable bonds is 7. The Morgan fingerprint density at radius 2 is 2.15 bits per heavy atom. The van der Waals surface area contributed by atoms with Gasteiger partial charge in [0.2, 0.25) is 5.91 Å². The van der Waals surface area contributed by atoms with Crippen LogP contribution in [0.25, 0.3) is 0 Å². The van der Waals surface area contributed by atoms with Crippen molar-refractivity contribution in [1.29, 1.82) is 0 Å². The quantitative estimate of drug-likeness (QED) is 0.622. The van der Waals surface area contributed by atoms with Gasteiger partial charge in [-0.25, -0.2) is 0 Å². The van der Waals surface area contributed by atoms with Crippen LogP contribution in [-0.2, 0) is 9.53 Å². The molecule has 2 N–H and O–H groups in total. The molecule has 0 aliphatic heterocycles. The minimum atomic E-state index is 0.171. The second-order valence-electron chi connectivity index (χ2n) is 2.91. The van der Waals surface area contributed by atoms with Crippen molar-refractivity contribution < 1.29 is 9.53 Å². The lowest BCUT2D eigenvalue weighted by Crippen LogP contribution is -2.37. The highest BCUT2D eigenvalue weighted by molar-refractivity contribution is 5.76. The van der Waals surface area contributed by atoms with Crippen molar-refractivity contribution in [3.63, 3.8) is 0 Å². The van der Waals surface area contributed by atoms with Crippen molar-refractivity contribution in [2.45, 2.75) is 19.8 Å². The Hall–Kier alpha value is -0.610. The van der Waals surface area contributed by atoms with Crippen LogP contribution in [-0.4, -0.2) is 44.2 Å². The summed E-state index contributed by atoms with van der Waals surface area (Å²) in [6.45, 7) is 4.36. The first-order valence-electron chi connectivity index (χ1n) is 4.73. The van der Waals surface area contributed by atoms with Gasteiger partial charge in [0, 0.05) is 33.2 Å². The van der Waals surface area contributed by atoms with Gasteiger partial charge in [-0.3, -0.25) is 4.79 Å². The lowest BCUT2D eigenvalue weighted by molar-refractivity contribution is -0.131. The molecule has 0 aromatic carbocycles. The van der Waals surface area contributed by atoms with E-state index in [2.05, 4.69) is 0 Å². The van der Waals surface area contributed by atoms with Gasteiger partial charge in [-0.2, -0.15) is 0 Å². The standard InChI is InChI=1S/C9H20N2O2/c1-3-4-9(12)11(6-5-10)7-8-13-2/h3-8,10H2,1-2H3. The van der Waals surface area contributed by atoms with Crippen LogP contribution in [0.15, 0.2) is 0 Å². The number of carbonyl (C=O) groups is 1. The molecule has 13 heavy (non-hydrogen) atoms. The second kappa shape index (κ2) is 8.01. The maximum absolute atomic E-state index is 11.5. The Morgan fingerprint density at radius 3 is 2.62 bits per heavy atom. The summed E-state index contributed by atoms with van der Waals surface area (Å²) < 4.78 is 4.91. The molecule has 0 aromatic rings. The van der Waals surface area contributed by atoms with Crippen LogP contribution in [0.4, 0.5) is 0 Å². The van der Waals surface area contributed by atoms with Crippen LogP contribution in [0.5, 0.6) is 0 Å². The summed E-state index contributed by atoms with van der Waals surface area (Å²) >= 11 is 0. The number of methoxy groups -OCH3 is 1. The van der Waals surface area contributed by atoms with Crippen LogP contribution in [0.1, 0.15) is 19.8 Å². The summed E-state index contributed by atoms with van der Waals surface area (Å²) in [4.78, 5) is 13.2. The van der Waals surface area contributed by atoms with E-state index in [0.717, 1.165) is 6.42 Å². The lowest BCUT2D eigenvalue weighted by Gasteiger charge is -2.21. The molecule has 0 aliphatic carbocycles. The molecular formula is C9H20N2O2. The SMILES string of the molecule is CCCC(=O)N(CCN)CCOC. The van der Waals surface area contributed by atoms with E-state index in [0.29, 0.717) is 32.7 Å². The summed E-state index contributed by atoms with van der Waals surface area (Å²) in [6, 6.07) is 0. The summed E-state index contributed by atoms with van der Waals surface area (Å²) in [5, 5.41) is 0. The second-order valence-corrected chi connectivity index (χ2v) is 2.91. The molecule has 0 aromatic heterocycles. The van der Waals surface area contributed by atoms with Gasteiger partial charge in [0.05, 0.1) is 6.61 Å². The van der Waals surface area contributed by atoms with Crippen molar-refractivity contribution >= 4 is 5.91 Å². The molecule has 0 heterocycles. The highest BCUT2D eigenvalue weighted by Crippen LogP contribution is 1.96. The van der Waals surface area contributed by atoms with Crippen LogP contribution in [0.3, 0.4) is 0 Å². The summed E-state index contributed by atoms with van der Waals surface area (Å²) in [5.74, 6) is 0.171. The van der Waals surface area contributed by atoms with Crippen molar-refractivity contribution in [3.05, 3.63) is 0 Å². The predicted octanol–water partition coefficient (Wildman–Crippen LogP) is 0.220. The van der Waals surface area contributed by atoms with Gasteiger partial charge in [0.25, 0.3) is 0 Å². The molecule has 0 bridgehead atoms. The molecular weight excluding hydrogens is 168 g/mol. The third kappa shape index (κ3) is 5.60. The minimum Gasteiger partial charge on any atom is -0.383 e. The molecule has 0 saturated carbocycles. The van der Waals surface area contributed by atoms with E-state index in [1.54, 1.807) is 12.0 Å². The smallest absolute Gasteiger partial charge is 0.222 e. The van der Waals surface area contributed by atoms with Crippen molar-refractivity contribution in [2.75, 3.05) is 33.4 Å². The number of nitrogens with two attached hydrogens (primary N) is 1. The number of amides is 1. The zero-order chi connectivity index (χ0) is 10.1. The van der Waals surface area contributed by atoms with Gasteiger partial charge in [0.1, 0.15) is 0 Å². The Bertz CT molecular complexity index is 140. The number of hydrogen-bond acceptors (Lipinski definition) is 3. The number of hydrogen-bond donors (Lipinski definition) is 1. The summed E-state index contributed by atoms with van der Waals surface area (Å²) in [7, 11) is 1.63. The molecule has 0 radical (unpaired) electrons. The van der Waals surface area contributed by atoms with E-state index in [9.17, 15) is 4.79 Å². The highest BCUT2D eigenvalue weighted by Gasteiger charge is 2.10. The maximum atomic E-state index is 11.5. The number of ether oxygens (including phenoxy) is 1. The average molecular weight is 188 g/mol. The van der Waals surface area contributed by atoms with Gasteiger partial charge in [-0.1, -0.05) is 6.92 Å². The van der Waals surface area contributed by atoms with Crippen LogP contribution in [0.2, 0.25) is 0 Å². The largest absolute Gasteiger partial charge is 0.383 e. The topological polar surface area (TPSA) is 55.6 Å². The predicted molar refractivity (Wildman–Crippen MR) is 52.4 cm³/mol. The highest BCUT2D eigenvalue weighted by atomic mass is 16.5.